The van der Waals surface area contributed by atoms with Gasteiger partial charge in [-0.2, -0.15) is 0 Å². The van der Waals surface area contributed by atoms with Crippen LogP contribution in [0.3, 0.4) is 0 Å². The van der Waals surface area contributed by atoms with E-state index >= 15 is 0 Å². The molecule has 0 fully saturated rings. The number of hydrogen-bond acceptors (Lipinski definition) is 3. The summed E-state index contributed by atoms with van der Waals surface area (Å²) in [6.45, 7) is 0. The number of rotatable bonds is 3. The minimum absolute atomic E-state index is 0.0151. The first-order valence-corrected chi connectivity index (χ1v) is 7.08. The van der Waals surface area contributed by atoms with Crippen LogP contribution < -0.4 is 10.5 Å². The third-order valence-corrected chi connectivity index (χ3v) is 3.99. The van der Waals surface area contributed by atoms with Gasteiger partial charge in [-0.1, -0.05) is 11.6 Å². The monoisotopic (exact) mass is 300 g/mol. The van der Waals surface area contributed by atoms with Gasteiger partial charge in [0, 0.05) is 10.7 Å². The van der Waals surface area contributed by atoms with E-state index in [4.69, 9.17) is 17.3 Å². The van der Waals surface area contributed by atoms with Crippen molar-refractivity contribution in [2.24, 2.45) is 0 Å². The minimum atomic E-state index is -3.87. The Morgan fingerprint density at radius 2 is 1.74 bits per heavy atom. The van der Waals surface area contributed by atoms with Crippen molar-refractivity contribution in [3.8, 4) is 0 Å². The van der Waals surface area contributed by atoms with Crippen LogP contribution in [0.1, 0.15) is 0 Å². The van der Waals surface area contributed by atoms with Gasteiger partial charge >= 0.3 is 0 Å². The van der Waals surface area contributed by atoms with Gasteiger partial charge in [-0.15, -0.1) is 0 Å². The molecule has 4 nitrogen and oxygen atoms in total. The van der Waals surface area contributed by atoms with Gasteiger partial charge in [0.2, 0.25) is 0 Å². The van der Waals surface area contributed by atoms with Crippen LogP contribution in [0, 0.1) is 5.82 Å². The molecule has 0 unspecified atom stereocenters. The van der Waals surface area contributed by atoms with Gasteiger partial charge in [0.05, 0.1) is 10.6 Å². The van der Waals surface area contributed by atoms with Gasteiger partial charge in [0.25, 0.3) is 10.0 Å². The van der Waals surface area contributed by atoms with E-state index in [9.17, 15) is 12.8 Å². The van der Waals surface area contributed by atoms with Crippen molar-refractivity contribution in [2.75, 3.05) is 10.5 Å². The van der Waals surface area contributed by atoms with Crippen LogP contribution in [0.2, 0.25) is 5.02 Å². The fraction of sp³-hybridized carbons (Fsp3) is 0. The maximum absolute atomic E-state index is 13.5. The standard InChI is InChI=1S/C12H10ClFN2O2S/c13-8-1-4-10(5-2-8)19(17,18)16-12-7-9(15)3-6-11(12)14/h1-7,16H,15H2. The molecule has 2 aromatic carbocycles. The fourth-order valence-corrected chi connectivity index (χ4v) is 2.62. The molecule has 19 heavy (non-hydrogen) atoms. The summed E-state index contributed by atoms with van der Waals surface area (Å²) in [6.07, 6.45) is 0. The van der Waals surface area contributed by atoms with E-state index in [0.29, 0.717) is 5.02 Å². The number of sulfonamides is 1. The Hall–Kier alpha value is -1.79. The molecule has 0 saturated heterocycles. The van der Waals surface area contributed by atoms with Crippen LogP contribution in [-0.4, -0.2) is 8.42 Å². The average Bonchev–Trinajstić information content (AvgIpc) is 2.34. The van der Waals surface area contributed by atoms with Crippen molar-refractivity contribution >= 4 is 33.0 Å². The summed E-state index contributed by atoms with van der Waals surface area (Å²) < 4.78 is 39.6. The van der Waals surface area contributed by atoms with Crippen LogP contribution in [0.25, 0.3) is 0 Å². The van der Waals surface area contributed by atoms with E-state index in [0.717, 1.165) is 6.07 Å². The highest BCUT2D eigenvalue weighted by Crippen LogP contribution is 2.22. The molecular weight excluding hydrogens is 291 g/mol. The molecule has 0 atom stereocenters. The summed E-state index contributed by atoms with van der Waals surface area (Å²) in [4.78, 5) is -0.0151. The first kappa shape index (κ1) is 13.6. The van der Waals surface area contributed by atoms with E-state index in [2.05, 4.69) is 4.72 Å². The summed E-state index contributed by atoms with van der Waals surface area (Å²) in [5, 5.41) is 0.411. The fourth-order valence-electron chi connectivity index (χ4n) is 1.44. The molecule has 100 valence electrons. The molecule has 0 heterocycles. The Morgan fingerprint density at radius 1 is 1.11 bits per heavy atom. The molecule has 0 aliphatic rings. The topological polar surface area (TPSA) is 72.2 Å². The Kier molecular flexibility index (Phi) is 3.64. The van der Waals surface area contributed by atoms with Crippen molar-refractivity contribution in [2.45, 2.75) is 4.90 Å². The Balaban J connectivity index is 2.36. The molecular formula is C12H10ClFN2O2S. The number of nitrogen functional groups attached to an aromatic ring is 1. The molecule has 0 aliphatic heterocycles. The predicted molar refractivity (Wildman–Crippen MR) is 73.1 cm³/mol. The third-order valence-electron chi connectivity index (χ3n) is 2.36. The second-order valence-electron chi connectivity index (χ2n) is 3.80. The lowest BCUT2D eigenvalue weighted by Gasteiger charge is -2.09. The summed E-state index contributed by atoms with van der Waals surface area (Å²) >= 11 is 5.68. The second kappa shape index (κ2) is 5.07. The largest absolute Gasteiger partial charge is 0.399 e. The van der Waals surface area contributed by atoms with Gasteiger partial charge in [-0.05, 0) is 42.5 Å². The molecule has 0 radical (unpaired) electrons. The highest BCUT2D eigenvalue weighted by molar-refractivity contribution is 7.92. The zero-order valence-electron chi connectivity index (χ0n) is 9.60. The van der Waals surface area contributed by atoms with E-state index in [1.54, 1.807) is 0 Å². The maximum atomic E-state index is 13.5. The normalized spacial score (nSPS) is 11.3. The van der Waals surface area contributed by atoms with Crippen molar-refractivity contribution in [1.82, 2.24) is 0 Å². The van der Waals surface area contributed by atoms with Crippen LogP contribution in [0.5, 0.6) is 0 Å². The molecule has 2 aromatic rings. The van der Waals surface area contributed by atoms with Gasteiger partial charge in [0.1, 0.15) is 5.82 Å². The van der Waals surface area contributed by atoms with Gasteiger partial charge in [0.15, 0.2) is 0 Å². The van der Waals surface area contributed by atoms with Crippen molar-refractivity contribution in [1.29, 1.82) is 0 Å². The average molecular weight is 301 g/mol. The molecule has 0 spiro atoms. The van der Waals surface area contributed by atoms with Crippen LogP contribution in [0.15, 0.2) is 47.4 Å². The highest BCUT2D eigenvalue weighted by atomic mass is 35.5. The van der Waals surface area contributed by atoms with E-state index in [-0.39, 0.29) is 16.3 Å². The number of halogens is 2. The first-order chi connectivity index (χ1) is 8.88. The number of benzene rings is 2. The van der Waals surface area contributed by atoms with Crippen LogP contribution >= 0.6 is 11.6 Å². The van der Waals surface area contributed by atoms with Crippen molar-refractivity contribution in [3.63, 3.8) is 0 Å². The lowest BCUT2D eigenvalue weighted by atomic mass is 10.3. The predicted octanol–water partition coefficient (Wildman–Crippen LogP) is 2.86. The number of nitrogens with one attached hydrogen (secondary N) is 1. The summed E-state index contributed by atoms with van der Waals surface area (Å²) in [5.74, 6) is -0.702. The minimum Gasteiger partial charge on any atom is -0.399 e. The van der Waals surface area contributed by atoms with Gasteiger partial charge in [-0.25, -0.2) is 12.8 Å². The quantitative estimate of drug-likeness (QED) is 0.856. The molecule has 3 N–H and O–H groups in total. The molecule has 0 bridgehead atoms. The molecule has 0 saturated carbocycles. The Labute approximate surface area is 115 Å². The Morgan fingerprint density at radius 3 is 2.37 bits per heavy atom. The first-order valence-electron chi connectivity index (χ1n) is 5.22. The smallest absolute Gasteiger partial charge is 0.261 e. The Bertz CT molecular complexity index is 702. The van der Waals surface area contributed by atoms with Gasteiger partial charge < -0.3 is 5.73 Å². The summed E-state index contributed by atoms with van der Waals surface area (Å²) in [5.41, 5.74) is 5.55. The zero-order valence-corrected chi connectivity index (χ0v) is 11.2. The number of hydrogen-bond donors (Lipinski definition) is 2. The lowest BCUT2D eigenvalue weighted by molar-refractivity contribution is 0.598. The molecule has 0 aliphatic carbocycles. The van der Waals surface area contributed by atoms with E-state index in [1.807, 2.05) is 0 Å². The second-order valence-corrected chi connectivity index (χ2v) is 5.92. The molecule has 0 amide bonds. The molecule has 0 aromatic heterocycles. The third kappa shape index (κ3) is 3.15. The van der Waals surface area contributed by atoms with Crippen LogP contribution in [-0.2, 0) is 10.0 Å². The van der Waals surface area contributed by atoms with Crippen molar-refractivity contribution < 1.29 is 12.8 Å². The highest BCUT2D eigenvalue weighted by Gasteiger charge is 2.16. The van der Waals surface area contributed by atoms with E-state index < -0.39 is 15.8 Å². The van der Waals surface area contributed by atoms with E-state index in [1.165, 1.54) is 36.4 Å². The zero-order chi connectivity index (χ0) is 14.0. The molecule has 7 heteroatoms. The van der Waals surface area contributed by atoms with Gasteiger partial charge in [-0.3, -0.25) is 4.72 Å². The summed E-state index contributed by atoms with van der Waals surface area (Å²) in [6, 6.07) is 9.18. The number of anilines is 2. The van der Waals surface area contributed by atoms with Crippen molar-refractivity contribution in [3.05, 3.63) is 53.3 Å². The maximum Gasteiger partial charge on any atom is 0.261 e. The molecule has 2 rings (SSSR count). The summed E-state index contributed by atoms with van der Waals surface area (Å²) in [7, 11) is -3.87. The lowest BCUT2D eigenvalue weighted by Crippen LogP contribution is -2.14. The number of nitrogens with two attached hydrogens (primary N) is 1. The van der Waals surface area contributed by atoms with Crippen LogP contribution in [0.4, 0.5) is 15.8 Å². The SMILES string of the molecule is Nc1ccc(F)c(NS(=O)(=O)c2ccc(Cl)cc2)c1.